The maximum absolute atomic E-state index is 5.37. The molecule has 5 nitrogen and oxygen atoms in total. The van der Waals surface area contributed by atoms with E-state index >= 15 is 0 Å². The molecule has 0 N–H and O–H groups in total. The summed E-state index contributed by atoms with van der Waals surface area (Å²) < 4.78 is 16.0. The van der Waals surface area contributed by atoms with Crippen LogP contribution in [0.5, 0.6) is 17.2 Å². The predicted octanol–water partition coefficient (Wildman–Crippen LogP) is 2.67. The summed E-state index contributed by atoms with van der Waals surface area (Å²) in [5.74, 6) is 2.02. The summed E-state index contributed by atoms with van der Waals surface area (Å²) in [4.78, 5) is 8.01. The van der Waals surface area contributed by atoms with Gasteiger partial charge < -0.3 is 14.2 Å². The number of methoxy groups -OCH3 is 3. The van der Waals surface area contributed by atoms with Crippen LogP contribution in [0.4, 0.5) is 0 Å². The van der Waals surface area contributed by atoms with Gasteiger partial charge in [-0.05, 0) is 18.2 Å². The van der Waals surface area contributed by atoms with Crippen molar-refractivity contribution in [3.63, 3.8) is 0 Å². The van der Waals surface area contributed by atoms with E-state index in [2.05, 4.69) is 9.97 Å². The van der Waals surface area contributed by atoms with Crippen LogP contribution in [0.15, 0.2) is 30.7 Å². The Bertz CT molecular complexity index is 572. The molecule has 104 valence electrons. The molecule has 1 aromatic heterocycles. The van der Waals surface area contributed by atoms with Crippen molar-refractivity contribution >= 4 is 12.2 Å². The van der Waals surface area contributed by atoms with E-state index in [9.17, 15) is 0 Å². The number of aromatic nitrogens is 2. The van der Waals surface area contributed by atoms with Gasteiger partial charge in [-0.1, -0.05) is 0 Å². The van der Waals surface area contributed by atoms with Crippen LogP contribution < -0.4 is 14.2 Å². The fourth-order valence-electron chi connectivity index (χ4n) is 1.77. The normalized spacial score (nSPS) is 10.6. The molecular weight excluding hydrogens is 256 g/mol. The number of hydrogen-bond donors (Lipinski definition) is 0. The summed E-state index contributed by atoms with van der Waals surface area (Å²) in [6.07, 6.45) is 6.95. The number of hydrogen-bond acceptors (Lipinski definition) is 5. The van der Waals surface area contributed by atoms with Crippen LogP contribution in [0.3, 0.4) is 0 Å². The summed E-state index contributed by atoms with van der Waals surface area (Å²) in [5.41, 5.74) is 1.63. The highest BCUT2D eigenvalue weighted by atomic mass is 16.5. The molecule has 0 saturated carbocycles. The minimum Gasteiger partial charge on any atom is -0.496 e. The predicted molar refractivity (Wildman–Crippen MR) is 77.1 cm³/mol. The van der Waals surface area contributed by atoms with Crippen molar-refractivity contribution in [2.24, 2.45) is 0 Å². The highest BCUT2D eigenvalue weighted by Crippen LogP contribution is 2.35. The van der Waals surface area contributed by atoms with E-state index in [0.29, 0.717) is 17.2 Å². The van der Waals surface area contributed by atoms with Crippen LogP contribution in [0.25, 0.3) is 12.2 Å². The monoisotopic (exact) mass is 272 g/mol. The molecule has 0 saturated heterocycles. The number of rotatable bonds is 5. The van der Waals surface area contributed by atoms with E-state index in [0.717, 1.165) is 11.3 Å². The topological polar surface area (TPSA) is 53.5 Å². The number of benzene rings is 1. The molecular formula is C15H16N2O3. The SMILES string of the molecule is COc1cc(OC)c(C=Cc2ccncn2)c(OC)c1. The molecule has 0 amide bonds. The van der Waals surface area contributed by atoms with Crippen molar-refractivity contribution in [1.82, 2.24) is 9.97 Å². The molecule has 1 heterocycles. The van der Waals surface area contributed by atoms with Gasteiger partial charge >= 0.3 is 0 Å². The Morgan fingerprint density at radius 3 is 2.15 bits per heavy atom. The van der Waals surface area contributed by atoms with Gasteiger partial charge in [0.05, 0.1) is 32.6 Å². The summed E-state index contributed by atoms with van der Waals surface area (Å²) in [7, 11) is 4.82. The van der Waals surface area contributed by atoms with E-state index in [-0.39, 0.29) is 0 Å². The molecule has 5 heteroatoms. The summed E-state index contributed by atoms with van der Waals surface area (Å²) in [6.45, 7) is 0. The average molecular weight is 272 g/mol. The molecule has 20 heavy (non-hydrogen) atoms. The third-order valence-electron chi connectivity index (χ3n) is 2.78. The molecule has 2 aromatic rings. The second-order valence-electron chi connectivity index (χ2n) is 3.91. The summed E-state index contributed by atoms with van der Waals surface area (Å²) in [6, 6.07) is 5.43. The van der Waals surface area contributed by atoms with Crippen LogP contribution >= 0.6 is 0 Å². The molecule has 0 unspecified atom stereocenters. The van der Waals surface area contributed by atoms with Crippen LogP contribution in [-0.2, 0) is 0 Å². The first-order valence-corrected chi connectivity index (χ1v) is 6.02. The molecule has 0 aliphatic heterocycles. The Morgan fingerprint density at radius 2 is 1.65 bits per heavy atom. The Morgan fingerprint density at radius 1 is 0.950 bits per heavy atom. The van der Waals surface area contributed by atoms with Crippen molar-refractivity contribution < 1.29 is 14.2 Å². The maximum Gasteiger partial charge on any atom is 0.133 e. The molecule has 0 aliphatic carbocycles. The largest absolute Gasteiger partial charge is 0.496 e. The smallest absolute Gasteiger partial charge is 0.133 e. The fraction of sp³-hybridized carbons (Fsp3) is 0.200. The molecule has 2 rings (SSSR count). The molecule has 0 radical (unpaired) electrons. The van der Waals surface area contributed by atoms with Crippen LogP contribution in [0, 0.1) is 0 Å². The Labute approximate surface area is 117 Å². The molecule has 0 spiro atoms. The fourth-order valence-corrected chi connectivity index (χ4v) is 1.77. The van der Waals surface area contributed by atoms with Gasteiger partial charge in [0.25, 0.3) is 0 Å². The van der Waals surface area contributed by atoms with Gasteiger partial charge in [-0.2, -0.15) is 0 Å². The highest BCUT2D eigenvalue weighted by Gasteiger charge is 2.10. The van der Waals surface area contributed by atoms with Crippen LogP contribution in [0.1, 0.15) is 11.3 Å². The maximum atomic E-state index is 5.37. The third kappa shape index (κ3) is 3.06. The van der Waals surface area contributed by atoms with Crippen molar-refractivity contribution in [2.75, 3.05) is 21.3 Å². The van der Waals surface area contributed by atoms with Crippen molar-refractivity contribution in [3.8, 4) is 17.2 Å². The lowest BCUT2D eigenvalue weighted by molar-refractivity contribution is 0.374. The van der Waals surface area contributed by atoms with Crippen molar-refractivity contribution in [2.45, 2.75) is 0 Å². The van der Waals surface area contributed by atoms with E-state index in [4.69, 9.17) is 14.2 Å². The molecule has 1 aromatic carbocycles. The van der Waals surface area contributed by atoms with Gasteiger partial charge in [0, 0.05) is 18.3 Å². The molecule has 0 bridgehead atoms. The standard InChI is InChI=1S/C15H16N2O3/c1-18-12-8-14(19-2)13(15(9-12)20-3)5-4-11-6-7-16-10-17-11/h4-10H,1-3H3. The zero-order chi connectivity index (χ0) is 14.4. The van der Waals surface area contributed by atoms with E-state index in [1.807, 2.05) is 30.4 Å². The second-order valence-corrected chi connectivity index (χ2v) is 3.91. The van der Waals surface area contributed by atoms with Gasteiger partial charge in [0.2, 0.25) is 0 Å². The first-order valence-electron chi connectivity index (χ1n) is 6.02. The zero-order valence-corrected chi connectivity index (χ0v) is 11.7. The van der Waals surface area contributed by atoms with Crippen LogP contribution in [0.2, 0.25) is 0 Å². The van der Waals surface area contributed by atoms with Gasteiger partial charge in [0.1, 0.15) is 23.6 Å². The molecule has 0 fully saturated rings. The van der Waals surface area contributed by atoms with E-state index < -0.39 is 0 Å². The number of ether oxygens (including phenoxy) is 3. The quantitative estimate of drug-likeness (QED) is 0.837. The van der Waals surface area contributed by atoms with Gasteiger partial charge in [-0.15, -0.1) is 0 Å². The summed E-state index contributed by atoms with van der Waals surface area (Å²) in [5, 5.41) is 0. The summed E-state index contributed by atoms with van der Waals surface area (Å²) >= 11 is 0. The Kier molecular flexibility index (Phi) is 4.55. The van der Waals surface area contributed by atoms with Gasteiger partial charge in [-0.3, -0.25) is 0 Å². The lowest BCUT2D eigenvalue weighted by Gasteiger charge is -2.12. The third-order valence-corrected chi connectivity index (χ3v) is 2.78. The average Bonchev–Trinajstić information content (AvgIpc) is 2.52. The number of nitrogens with zero attached hydrogens (tertiary/aromatic N) is 2. The zero-order valence-electron chi connectivity index (χ0n) is 11.7. The van der Waals surface area contributed by atoms with Crippen molar-refractivity contribution in [1.29, 1.82) is 0 Å². The highest BCUT2D eigenvalue weighted by molar-refractivity contribution is 5.75. The van der Waals surface area contributed by atoms with Crippen LogP contribution in [-0.4, -0.2) is 31.3 Å². The Hall–Kier alpha value is -2.56. The lowest BCUT2D eigenvalue weighted by atomic mass is 10.1. The minimum absolute atomic E-state index is 0.673. The second kappa shape index (κ2) is 6.56. The van der Waals surface area contributed by atoms with E-state index in [1.54, 1.807) is 27.5 Å². The minimum atomic E-state index is 0.673. The first-order chi connectivity index (χ1) is 9.78. The first kappa shape index (κ1) is 13.9. The van der Waals surface area contributed by atoms with E-state index in [1.165, 1.54) is 6.33 Å². The molecule has 0 aliphatic rings. The van der Waals surface area contributed by atoms with Gasteiger partial charge in [-0.25, -0.2) is 9.97 Å². The van der Waals surface area contributed by atoms with Gasteiger partial charge in [0.15, 0.2) is 0 Å². The molecule has 0 atom stereocenters. The van der Waals surface area contributed by atoms with Crippen molar-refractivity contribution in [3.05, 3.63) is 42.0 Å². The Balaban J connectivity index is 2.42. The lowest BCUT2D eigenvalue weighted by Crippen LogP contribution is -1.94.